The lowest BCUT2D eigenvalue weighted by Crippen LogP contribution is -2.18. The topological polar surface area (TPSA) is 35.5 Å². The average Bonchev–Trinajstić information content (AvgIpc) is 3.38. The Kier molecular flexibility index (Phi) is 5.51. The summed E-state index contributed by atoms with van der Waals surface area (Å²) in [5.41, 5.74) is 8.35. The third-order valence-electron chi connectivity index (χ3n) is 6.26. The van der Waals surface area contributed by atoms with E-state index in [4.69, 9.17) is 9.47 Å². The molecule has 5 rings (SSSR count). The van der Waals surface area contributed by atoms with Crippen LogP contribution in [0.1, 0.15) is 54.7 Å². The van der Waals surface area contributed by atoms with E-state index in [0.29, 0.717) is 6.61 Å². The van der Waals surface area contributed by atoms with Crippen LogP contribution in [0.15, 0.2) is 91.0 Å². The van der Waals surface area contributed by atoms with Crippen LogP contribution in [0, 0.1) is 0 Å². The summed E-state index contributed by atoms with van der Waals surface area (Å²) in [4.78, 5) is 11.6. The summed E-state index contributed by atoms with van der Waals surface area (Å²) in [6.45, 7) is 7.07. The second-order valence-corrected chi connectivity index (χ2v) is 9.59. The van der Waals surface area contributed by atoms with Gasteiger partial charge in [-0.05, 0) is 44.9 Å². The summed E-state index contributed by atoms with van der Waals surface area (Å²) in [6, 6.07) is 27.5. The summed E-state index contributed by atoms with van der Waals surface area (Å²) in [5, 5.41) is 0. The highest BCUT2D eigenvalue weighted by atomic mass is 16.6. The normalized spacial score (nSPS) is 19.7. The minimum absolute atomic E-state index is 0.0359. The molecule has 3 aromatic carbocycles. The van der Waals surface area contributed by atoms with Crippen LogP contribution >= 0.6 is 0 Å². The van der Waals surface area contributed by atoms with Gasteiger partial charge in [-0.2, -0.15) is 0 Å². The fraction of sp³-hybridized carbons (Fsp3) is 0.233. The van der Waals surface area contributed by atoms with Gasteiger partial charge in [-0.25, -0.2) is 4.79 Å². The maximum Gasteiger partial charge on any atom is 0.331 e. The fourth-order valence-corrected chi connectivity index (χ4v) is 4.80. The van der Waals surface area contributed by atoms with Crippen molar-refractivity contribution in [2.45, 2.75) is 38.4 Å². The SMILES string of the molecule is CC(C)(C)c1cccc2c1C(c1ccccc1)=C(c1ccccc1)C2OC[C@@H]1C=CC(=O)O1. The van der Waals surface area contributed by atoms with Crippen LogP contribution in [0.3, 0.4) is 0 Å². The molecule has 0 aromatic heterocycles. The Morgan fingerprint density at radius 1 is 0.848 bits per heavy atom. The summed E-state index contributed by atoms with van der Waals surface area (Å²) < 4.78 is 11.9. The summed E-state index contributed by atoms with van der Waals surface area (Å²) in [6.07, 6.45) is 2.63. The van der Waals surface area contributed by atoms with Crippen molar-refractivity contribution in [3.05, 3.63) is 119 Å². The molecule has 166 valence electrons. The Morgan fingerprint density at radius 3 is 2.12 bits per heavy atom. The summed E-state index contributed by atoms with van der Waals surface area (Å²) in [7, 11) is 0. The quantitative estimate of drug-likeness (QED) is 0.429. The lowest BCUT2D eigenvalue weighted by molar-refractivity contribution is -0.141. The van der Waals surface area contributed by atoms with Gasteiger partial charge in [-0.3, -0.25) is 0 Å². The average molecular weight is 437 g/mol. The van der Waals surface area contributed by atoms with Crippen molar-refractivity contribution in [3.63, 3.8) is 0 Å². The highest BCUT2D eigenvalue weighted by molar-refractivity contribution is 6.06. The smallest absolute Gasteiger partial charge is 0.331 e. The lowest BCUT2D eigenvalue weighted by Gasteiger charge is -2.25. The van der Waals surface area contributed by atoms with Crippen LogP contribution in [-0.2, 0) is 19.7 Å². The number of ether oxygens (including phenoxy) is 2. The molecule has 3 nitrogen and oxygen atoms in total. The van der Waals surface area contributed by atoms with Crippen molar-refractivity contribution >= 4 is 17.1 Å². The van der Waals surface area contributed by atoms with E-state index in [1.54, 1.807) is 6.08 Å². The molecule has 0 saturated carbocycles. The van der Waals surface area contributed by atoms with E-state index >= 15 is 0 Å². The third-order valence-corrected chi connectivity index (χ3v) is 6.26. The Hall–Kier alpha value is -3.43. The minimum Gasteiger partial charge on any atom is -0.452 e. The van der Waals surface area contributed by atoms with Gasteiger partial charge in [0.1, 0.15) is 12.2 Å². The van der Waals surface area contributed by atoms with Gasteiger partial charge in [0, 0.05) is 11.6 Å². The number of fused-ring (bicyclic) bond motifs is 1. The first-order valence-electron chi connectivity index (χ1n) is 11.4. The molecular weight excluding hydrogens is 408 g/mol. The molecule has 1 aliphatic carbocycles. The first-order valence-corrected chi connectivity index (χ1v) is 11.4. The zero-order chi connectivity index (χ0) is 23.0. The number of carbonyl (C=O) groups excluding carboxylic acids is 1. The van der Waals surface area contributed by atoms with Gasteiger partial charge in [0.25, 0.3) is 0 Å². The molecule has 0 fully saturated rings. The van der Waals surface area contributed by atoms with E-state index in [2.05, 4.69) is 87.5 Å². The number of cyclic esters (lactones) is 1. The van der Waals surface area contributed by atoms with E-state index in [0.717, 1.165) is 16.7 Å². The fourth-order valence-electron chi connectivity index (χ4n) is 4.80. The molecule has 1 unspecified atom stereocenters. The number of esters is 1. The van der Waals surface area contributed by atoms with E-state index in [9.17, 15) is 4.79 Å². The molecule has 0 radical (unpaired) electrons. The molecule has 0 bridgehead atoms. The molecule has 3 aromatic rings. The largest absolute Gasteiger partial charge is 0.452 e. The van der Waals surface area contributed by atoms with E-state index in [1.807, 2.05) is 12.1 Å². The Morgan fingerprint density at radius 2 is 1.52 bits per heavy atom. The van der Waals surface area contributed by atoms with Crippen LogP contribution in [0.25, 0.3) is 11.1 Å². The molecule has 1 aliphatic heterocycles. The van der Waals surface area contributed by atoms with Gasteiger partial charge in [0.2, 0.25) is 0 Å². The number of benzene rings is 3. The standard InChI is InChI=1S/C30H28O3/c1-30(2,3)24-16-10-15-23-28(24)26(20-11-6-4-7-12-20)27(21-13-8-5-9-14-21)29(23)32-19-22-17-18-25(31)33-22/h4-18,22,29H,19H2,1-3H3/t22-,29?/m0/s1. The highest BCUT2D eigenvalue weighted by Crippen LogP contribution is 2.52. The van der Waals surface area contributed by atoms with Gasteiger partial charge in [-0.1, -0.05) is 99.6 Å². The minimum atomic E-state index is -0.357. The van der Waals surface area contributed by atoms with Crippen LogP contribution in [0.2, 0.25) is 0 Å². The molecular formula is C30H28O3. The maximum absolute atomic E-state index is 11.6. The molecule has 3 heteroatoms. The Balaban J connectivity index is 1.72. The van der Waals surface area contributed by atoms with Crippen molar-refractivity contribution in [3.8, 4) is 0 Å². The van der Waals surface area contributed by atoms with Gasteiger partial charge in [0.15, 0.2) is 0 Å². The van der Waals surface area contributed by atoms with Crippen molar-refractivity contribution in [2.24, 2.45) is 0 Å². The van der Waals surface area contributed by atoms with Gasteiger partial charge < -0.3 is 9.47 Å². The van der Waals surface area contributed by atoms with Crippen molar-refractivity contribution < 1.29 is 14.3 Å². The number of rotatable bonds is 5. The van der Waals surface area contributed by atoms with Crippen molar-refractivity contribution in [1.82, 2.24) is 0 Å². The van der Waals surface area contributed by atoms with Gasteiger partial charge in [-0.15, -0.1) is 0 Å². The van der Waals surface area contributed by atoms with Crippen LogP contribution < -0.4 is 0 Å². The van der Waals surface area contributed by atoms with Gasteiger partial charge in [0.05, 0.1) is 6.61 Å². The second kappa shape index (κ2) is 8.49. The predicted molar refractivity (Wildman–Crippen MR) is 132 cm³/mol. The highest BCUT2D eigenvalue weighted by Gasteiger charge is 2.37. The molecule has 0 amide bonds. The van der Waals surface area contributed by atoms with E-state index in [-0.39, 0.29) is 23.6 Å². The number of carbonyl (C=O) groups is 1. The van der Waals surface area contributed by atoms with E-state index < -0.39 is 0 Å². The molecule has 33 heavy (non-hydrogen) atoms. The van der Waals surface area contributed by atoms with Crippen LogP contribution in [-0.4, -0.2) is 18.7 Å². The van der Waals surface area contributed by atoms with Crippen molar-refractivity contribution in [1.29, 1.82) is 0 Å². The zero-order valence-electron chi connectivity index (χ0n) is 19.2. The second-order valence-electron chi connectivity index (χ2n) is 9.59. The molecule has 2 atom stereocenters. The monoisotopic (exact) mass is 436 g/mol. The Labute approximate surface area is 195 Å². The summed E-state index contributed by atoms with van der Waals surface area (Å²) >= 11 is 0. The number of hydrogen-bond donors (Lipinski definition) is 0. The molecule has 0 spiro atoms. The maximum atomic E-state index is 11.6. The van der Waals surface area contributed by atoms with E-state index in [1.165, 1.54) is 28.3 Å². The zero-order valence-corrected chi connectivity index (χ0v) is 19.2. The summed E-state index contributed by atoms with van der Waals surface area (Å²) in [5.74, 6) is -0.311. The molecule has 2 aliphatic rings. The van der Waals surface area contributed by atoms with Crippen LogP contribution in [0.5, 0.6) is 0 Å². The third kappa shape index (κ3) is 4.05. The molecule has 0 saturated heterocycles. The molecule has 1 heterocycles. The predicted octanol–water partition coefficient (Wildman–Crippen LogP) is 6.50. The van der Waals surface area contributed by atoms with Crippen LogP contribution in [0.4, 0.5) is 0 Å². The molecule has 0 N–H and O–H groups in total. The first-order chi connectivity index (χ1) is 15.9. The first kappa shape index (κ1) is 21.4. The Bertz CT molecular complexity index is 1230. The lowest BCUT2D eigenvalue weighted by atomic mass is 9.80. The van der Waals surface area contributed by atoms with Gasteiger partial charge >= 0.3 is 5.97 Å². The van der Waals surface area contributed by atoms with Crippen molar-refractivity contribution in [2.75, 3.05) is 6.61 Å². The number of hydrogen-bond acceptors (Lipinski definition) is 3.